The van der Waals surface area contributed by atoms with Crippen LogP contribution in [0, 0.1) is 17.2 Å². The van der Waals surface area contributed by atoms with Crippen LogP contribution in [0.5, 0.6) is 0 Å². The molecule has 1 aliphatic carbocycles. The van der Waals surface area contributed by atoms with E-state index in [0.29, 0.717) is 0 Å². The van der Waals surface area contributed by atoms with Gasteiger partial charge in [0.15, 0.2) is 0 Å². The van der Waals surface area contributed by atoms with Gasteiger partial charge in [-0.1, -0.05) is 37.3 Å². The number of rotatable bonds is 5. The number of hydrogen-bond acceptors (Lipinski definition) is 1. The molecule has 2 rings (SSSR count). The third-order valence-corrected chi connectivity index (χ3v) is 4.64. The average molecular weight is 267 g/mol. The van der Waals surface area contributed by atoms with E-state index in [9.17, 15) is 0 Å². The lowest BCUT2D eigenvalue weighted by atomic mass is 9.77. The lowest BCUT2D eigenvalue weighted by molar-refractivity contribution is 0.312. The van der Waals surface area contributed by atoms with Gasteiger partial charge in [-0.2, -0.15) is 5.26 Å². The molecule has 1 heteroatoms. The normalized spacial score (nSPS) is 22.8. The van der Waals surface area contributed by atoms with E-state index in [1.165, 1.54) is 43.2 Å². The lowest BCUT2D eigenvalue weighted by Gasteiger charge is -2.28. The maximum Gasteiger partial charge on any atom is 0.0908 e. The van der Waals surface area contributed by atoms with Gasteiger partial charge in [0.2, 0.25) is 0 Å². The zero-order chi connectivity index (χ0) is 14.2. The van der Waals surface area contributed by atoms with Crippen molar-refractivity contribution >= 4 is 0 Å². The van der Waals surface area contributed by atoms with E-state index in [0.717, 1.165) is 24.7 Å². The first-order chi connectivity index (χ1) is 9.83. The highest BCUT2D eigenvalue weighted by Crippen LogP contribution is 2.37. The lowest BCUT2D eigenvalue weighted by Crippen LogP contribution is -2.13. The Balaban J connectivity index is 1.78. The molecule has 1 fully saturated rings. The Hall–Kier alpha value is -1.55. The smallest absolute Gasteiger partial charge is 0.0908 e. The third kappa shape index (κ3) is 4.23. The van der Waals surface area contributed by atoms with E-state index in [2.05, 4.69) is 37.3 Å². The van der Waals surface area contributed by atoms with Gasteiger partial charge in [-0.15, -0.1) is 0 Å². The van der Waals surface area contributed by atoms with Crippen LogP contribution in [-0.2, 0) is 6.42 Å². The monoisotopic (exact) mass is 267 g/mol. The molecular formula is C19H25N. The van der Waals surface area contributed by atoms with Crippen LogP contribution in [0.2, 0.25) is 0 Å². The minimum Gasteiger partial charge on any atom is -0.193 e. The molecule has 1 aromatic rings. The van der Waals surface area contributed by atoms with Crippen molar-refractivity contribution in [3.8, 4) is 6.07 Å². The van der Waals surface area contributed by atoms with E-state index in [1.807, 2.05) is 6.08 Å². The number of allylic oxidation sites excluding steroid dienone is 2. The van der Waals surface area contributed by atoms with Gasteiger partial charge in [0, 0.05) is 6.08 Å². The molecule has 1 saturated carbocycles. The molecule has 1 aliphatic rings. The summed E-state index contributed by atoms with van der Waals surface area (Å²) >= 11 is 0. The van der Waals surface area contributed by atoms with Crippen LogP contribution >= 0.6 is 0 Å². The molecular weight excluding hydrogens is 242 g/mol. The molecule has 0 unspecified atom stereocenters. The third-order valence-electron chi connectivity index (χ3n) is 4.64. The van der Waals surface area contributed by atoms with Crippen molar-refractivity contribution in [2.45, 2.75) is 57.8 Å². The van der Waals surface area contributed by atoms with E-state index in [1.54, 1.807) is 6.08 Å². The number of nitrogens with zero attached hydrogens (tertiary/aromatic N) is 1. The van der Waals surface area contributed by atoms with E-state index in [4.69, 9.17) is 5.26 Å². The summed E-state index contributed by atoms with van der Waals surface area (Å²) in [4.78, 5) is 0. The van der Waals surface area contributed by atoms with Crippen LogP contribution in [0.25, 0.3) is 0 Å². The predicted octanol–water partition coefficient (Wildman–Crippen LogP) is 5.38. The molecule has 0 aliphatic heterocycles. The van der Waals surface area contributed by atoms with Gasteiger partial charge >= 0.3 is 0 Å². The Morgan fingerprint density at radius 2 is 1.85 bits per heavy atom. The van der Waals surface area contributed by atoms with E-state index >= 15 is 0 Å². The molecule has 0 radical (unpaired) electrons. The topological polar surface area (TPSA) is 23.8 Å². The van der Waals surface area contributed by atoms with Gasteiger partial charge in [0.1, 0.15) is 0 Å². The van der Waals surface area contributed by atoms with Crippen molar-refractivity contribution < 1.29 is 0 Å². The van der Waals surface area contributed by atoms with E-state index < -0.39 is 0 Å². The summed E-state index contributed by atoms with van der Waals surface area (Å²) < 4.78 is 0. The highest BCUT2D eigenvalue weighted by atomic mass is 14.3. The Kier molecular flexibility index (Phi) is 5.87. The summed E-state index contributed by atoms with van der Waals surface area (Å²) in [6.07, 6.45) is 12.4. The molecule has 20 heavy (non-hydrogen) atoms. The minimum atomic E-state index is 0.770. The Morgan fingerprint density at radius 3 is 2.45 bits per heavy atom. The fourth-order valence-corrected chi connectivity index (χ4v) is 3.28. The second-order valence-corrected chi connectivity index (χ2v) is 5.92. The first-order valence-corrected chi connectivity index (χ1v) is 7.97. The predicted molar refractivity (Wildman–Crippen MR) is 84.5 cm³/mol. The van der Waals surface area contributed by atoms with Crippen molar-refractivity contribution in [2.24, 2.45) is 5.92 Å². The highest BCUT2D eigenvalue weighted by molar-refractivity contribution is 5.25. The van der Waals surface area contributed by atoms with Gasteiger partial charge < -0.3 is 0 Å². The number of benzene rings is 1. The number of hydrogen-bond donors (Lipinski definition) is 0. The SMILES string of the molecule is CCc1ccc(C2CCC(CCC=CC#N)CC2)cc1. The molecule has 0 heterocycles. The maximum absolute atomic E-state index is 8.46. The van der Waals surface area contributed by atoms with Crippen molar-refractivity contribution in [3.05, 3.63) is 47.5 Å². The molecule has 0 spiro atoms. The van der Waals surface area contributed by atoms with Crippen molar-refractivity contribution in [3.63, 3.8) is 0 Å². The molecule has 0 bridgehead atoms. The molecule has 0 amide bonds. The first kappa shape index (κ1) is 14.9. The number of aryl methyl sites for hydroxylation is 1. The van der Waals surface area contributed by atoms with Crippen LogP contribution in [-0.4, -0.2) is 0 Å². The fourth-order valence-electron chi connectivity index (χ4n) is 3.28. The van der Waals surface area contributed by atoms with Gasteiger partial charge in [0.25, 0.3) is 0 Å². The number of nitriles is 1. The van der Waals surface area contributed by atoms with E-state index in [-0.39, 0.29) is 0 Å². The molecule has 1 nitrogen and oxygen atoms in total. The Morgan fingerprint density at radius 1 is 1.15 bits per heavy atom. The molecule has 0 aromatic heterocycles. The summed E-state index contributed by atoms with van der Waals surface area (Å²) in [5.41, 5.74) is 2.97. The maximum atomic E-state index is 8.46. The van der Waals surface area contributed by atoms with Crippen LogP contribution in [0.1, 0.15) is 62.5 Å². The molecule has 0 atom stereocenters. The van der Waals surface area contributed by atoms with Crippen LogP contribution in [0.15, 0.2) is 36.4 Å². The van der Waals surface area contributed by atoms with Crippen molar-refractivity contribution in [1.29, 1.82) is 5.26 Å². The van der Waals surface area contributed by atoms with Gasteiger partial charge in [-0.05, 0) is 67.9 Å². The van der Waals surface area contributed by atoms with Gasteiger partial charge in [0.05, 0.1) is 6.07 Å². The second-order valence-electron chi connectivity index (χ2n) is 5.92. The van der Waals surface area contributed by atoms with Crippen LogP contribution in [0.4, 0.5) is 0 Å². The summed E-state index contributed by atoms with van der Waals surface area (Å²) in [5.74, 6) is 1.64. The summed E-state index contributed by atoms with van der Waals surface area (Å²) in [7, 11) is 0. The highest BCUT2D eigenvalue weighted by Gasteiger charge is 2.21. The summed E-state index contributed by atoms with van der Waals surface area (Å²) in [5, 5.41) is 8.46. The first-order valence-electron chi connectivity index (χ1n) is 7.97. The standard InChI is InChI=1S/C19H25N/c1-2-16-7-11-18(12-8-16)19-13-9-17(10-14-19)6-4-3-5-15-20/h3,5,7-8,11-12,17,19H,2,4,6,9-10,13-14H2,1H3. The van der Waals surface area contributed by atoms with Crippen molar-refractivity contribution in [1.82, 2.24) is 0 Å². The molecule has 0 saturated heterocycles. The fraction of sp³-hybridized carbons (Fsp3) is 0.526. The molecule has 0 N–H and O–H groups in total. The Bertz CT molecular complexity index is 456. The largest absolute Gasteiger partial charge is 0.193 e. The Labute approximate surface area is 123 Å². The van der Waals surface area contributed by atoms with Crippen molar-refractivity contribution in [2.75, 3.05) is 0 Å². The van der Waals surface area contributed by atoms with Crippen LogP contribution in [0.3, 0.4) is 0 Å². The zero-order valence-corrected chi connectivity index (χ0v) is 12.5. The molecule has 1 aromatic carbocycles. The second kappa shape index (κ2) is 7.90. The quantitative estimate of drug-likeness (QED) is 0.657. The average Bonchev–Trinajstić information content (AvgIpc) is 2.52. The molecule has 106 valence electrons. The van der Waals surface area contributed by atoms with Crippen LogP contribution < -0.4 is 0 Å². The minimum absolute atomic E-state index is 0.770. The summed E-state index contributed by atoms with van der Waals surface area (Å²) in [6.45, 7) is 2.21. The van der Waals surface area contributed by atoms with Gasteiger partial charge in [-0.3, -0.25) is 0 Å². The zero-order valence-electron chi connectivity index (χ0n) is 12.5. The summed E-state index contributed by atoms with van der Waals surface area (Å²) in [6, 6.07) is 11.3. The van der Waals surface area contributed by atoms with Gasteiger partial charge in [-0.25, -0.2) is 0 Å².